The molecule has 0 aliphatic carbocycles. The number of benzene rings is 1. The van der Waals surface area contributed by atoms with E-state index in [9.17, 15) is 29.1 Å². The predicted molar refractivity (Wildman–Crippen MR) is 134 cm³/mol. The molecule has 1 fully saturated rings. The van der Waals surface area contributed by atoms with Crippen molar-refractivity contribution in [3.05, 3.63) is 36.0 Å². The molecule has 1 saturated heterocycles. The summed E-state index contributed by atoms with van der Waals surface area (Å²) >= 11 is 3.95. The average molecular weight is 519 g/mol. The van der Waals surface area contributed by atoms with Crippen LogP contribution in [0.25, 0.3) is 10.9 Å². The van der Waals surface area contributed by atoms with Gasteiger partial charge in [-0.05, 0) is 24.5 Å². The van der Waals surface area contributed by atoms with E-state index >= 15 is 0 Å². The lowest BCUT2D eigenvalue weighted by Gasteiger charge is -2.29. The Morgan fingerprint density at radius 3 is 2.56 bits per heavy atom. The summed E-state index contributed by atoms with van der Waals surface area (Å²) in [5, 5.41) is 15.5. The Labute approximate surface area is 212 Å². The zero-order valence-electron chi connectivity index (χ0n) is 19.5. The highest BCUT2D eigenvalue weighted by molar-refractivity contribution is 7.80. The average Bonchev–Trinajstić information content (AvgIpc) is 3.49. The number of nitrogens with two attached hydrogens (primary N) is 2. The number of primary amides is 1. The van der Waals surface area contributed by atoms with Gasteiger partial charge < -0.3 is 37.1 Å². The monoisotopic (exact) mass is 518 g/mol. The zero-order chi connectivity index (χ0) is 26.4. The van der Waals surface area contributed by atoms with Gasteiger partial charge in [0.15, 0.2) is 0 Å². The maximum atomic E-state index is 13.2. The number of aromatic amines is 1. The van der Waals surface area contributed by atoms with Crippen LogP contribution in [0, 0.1) is 0 Å². The van der Waals surface area contributed by atoms with Crippen LogP contribution in [-0.2, 0) is 30.4 Å². The fourth-order valence-corrected chi connectivity index (χ4v) is 4.42. The van der Waals surface area contributed by atoms with Gasteiger partial charge in [-0.1, -0.05) is 18.2 Å². The number of nitrogens with one attached hydrogen (secondary N) is 3. The Morgan fingerprint density at radius 1 is 1.17 bits per heavy atom. The van der Waals surface area contributed by atoms with E-state index in [1.165, 1.54) is 4.90 Å². The van der Waals surface area contributed by atoms with E-state index in [1.54, 1.807) is 6.20 Å². The Bertz CT molecular complexity index is 1150. The summed E-state index contributed by atoms with van der Waals surface area (Å²) in [4.78, 5) is 66.3. The van der Waals surface area contributed by atoms with Crippen LogP contribution < -0.4 is 22.1 Å². The Morgan fingerprint density at radius 2 is 1.89 bits per heavy atom. The summed E-state index contributed by atoms with van der Waals surface area (Å²) < 4.78 is 0. The van der Waals surface area contributed by atoms with Crippen molar-refractivity contribution in [1.82, 2.24) is 20.5 Å². The Kier molecular flexibility index (Phi) is 8.93. The summed E-state index contributed by atoms with van der Waals surface area (Å²) in [6, 6.07) is 2.89. The van der Waals surface area contributed by atoms with Gasteiger partial charge in [-0.2, -0.15) is 12.6 Å². The first-order valence-corrected chi connectivity index (χ1v) is 12.1. The minimum Gasteiger partial charge on any atom is -0.480 e. The molecule has 12 nitrogen and oxygen atoms in total. The molecule has 2 heterocycles. The molecule has 0 spiro atoms. The molecule has 36 heavy (non-hydrogen) atoms. The number of nitrogens with zero attached hydrogens (tertiary/aromatic N) is 1. The number of para-hydroxylation sites is 1. The van der Waals surface area contributed by atoms with Crippen LogP contribution in [-0.4, -0.2) is 81.1 Å². The third kappa shape index (κ3) is 6.34. The quantitative estimate of drug-likeness (QED) is 0.183. The third-order valence-electron chi connectivity index (χ3n) is 6.11. The molecule has 1 aliphatic rings. The van der Waals surface area contributed by atoms with Crippen LogP contribution in [0.2, 0.25) is 0 Å². The maximum Gasteiger partial charge on any atom is 0.326 e. The Hall–Kier alpha value is -3.58. The van der Waals surface area contributed by atoms with E-state index in [0.717, 1.165) is 16.5 Å². The number of H-pyrrole nitrogens is 1. The van der Waals surface area contributed by atoms with Crippen molar-refractivity contribution in [3.8, 4) is 0 Å². The first-order chi connectivity index (χ1) is 17.1. The minimum atomic E-state index is -1.31. The first kappa shape index (κ1) is 27.0. The number of hydrogen-bond acceptors (Lipinski definition) is 7. The molecule has 1 aromatic carbocycles. The van der Waals surface area contributed by atoms with Crippen LogP contribution in [0.1, 0.15) is 24.8 Å². The van der Waals surface area contributed by atoms with Crippen LogP contribution in [0.4, 0.5) is 0 Å². The summed E-state index contributed by atoms with van der Waals surface area (Å²) in [6.45, 7) is 0.195. The van der Waals surface area contributed by atoms with Gasteiger partial charge in [-0.15, -0.1) is 0 Å². The zero-order valence-corrected chi connectivity index (χ0v) is 20.4. The van der Waals surface area contributed by atoms with Gasteiger partial charge in [0.1, 0.15) is 18.1 Å². The van der Waals surface area contributed by atoms with E-state index in [2.05, 4.69) is 28.2 Å². The molecule has 2 aromatic rings. The van der Waals surface area contributed by atoms with Crippen LogP contribution >= 0.6 is 12.6 Å². The number of carboxylic acid groups (broad SMARTS) is 1. The van der Waals surface area contributed by atoms with E-state index in [-0.39, 0.29) is 18.7 Å². The smallest absolute Gasteiger partial charge is 0.326 e. The number of aromatic nitrogens is 1. The summed E-state index contributed by atoms with van der Waals surface area (Å²) in [7, 11) is 0. The molecule has 13 heteroatoms. The SMILES string of the molecule is NC(=O)CC(NC(=O)C(N)CS)C(=O)N1CCCC1C(=O)NC(Cc1c[nH]c2ccccc12)C(=O)O. The summed E-state index contributed by atoms with van der Waals surface area (Å²) in [5.74, 6) is -4.01. The number of carboxylic acids is 1. The lowest BCUT2D eigenvalue weighted by molar-refractivity contribution is -0.145. The molecule has 0 bridgehead atoms. The lowest BCUT2D eigenvalue weighted by Crippen LogP contribution is -2.57. The van der Waals surface area contributed by atoms with Gasteiger partial charge >= 0.3 is 5.97 Å². The minimum absolute atomic E-state index is 0.0189. The van der Waals surface area contributed by atoms with Gasteiger partial charge in [-0.25, -0.2) is 4.79 Å². The van der Waals surface area contributed by atoms with Crippen molar-refractivity contribution in [2.75, 3.05) is 12.3 Å². The molecule has 3 rings (SSSR count). The number of amides is 4. The number of likely N-dealkylation sites (tertiary alicyclic amines) is 1. The van der Waals surface area contributed by atoms with Crippen LogP contribution in [0.5, 0.6) is 0 Å². The van der Waals surface area contributed by atoms with Crippen molar-refractivity contribution in [1.29, 1.82) is 0 Å². The second-order valence-corrected chi connectivity index (χ2v) is 9.04. The van der Waals surface area contributed by atoms with Crippen LogP contribution in [0.15, 0.2) is 30.5 Å². The number of carbonyl (C=O) groups excluding carboxylic acids is 4. The van der Waals surface area contributed by atoms with Crippen molar-refractivity contribution in [3.63, 3.8) is 0 Å². The van der Waals surface area contributed by atoms with Gasteiger partial charge in [0.2, 0.25) is 23.6 Å². The molecular weight excluding hydrogens is 488 g/mol. The second-order valence-electron chi connectivity index (χ2n) is 8.67. The van der Waals surface area contributed by atoms with Crippen molar-refractivity contribution in [2.24, 2.45) is 11.5 Å². The highest BCUT2D eigenvalue weighted by Crippen LogP contribution is 2.22. The Balaban J connectivity index is 1.73. The first-order valence-electron chi connectivity index (χ1n) is 11.5. The van der Waals surface area contributed by atoms with Crippen molar-refractivity contribution in [2.45, 2.75) is 49.9 Å². The third-order valence-corrected chi connectivity index (χ3v) is 6.50. The number of hydrogen-bond donors (Lipinski definition) is 7. The molecule has 1 aliphatic heterocycles. The molecule has 8 N–H and O–H groups in total. The number of thiol groups is 1. The topological polar surface area (TPSA) is 201 Å². The van der Waals surface area contributed by atoms with Gasteiger partial charge in [0.05, 0.1) is 12.5 Å². The molecule has 1 aromatic heterocycles. The fourth-order valence-electron chi connectivity index (χ4n) is 4.25. The van der Waals surface area contributed by atoms with E-state index in [0.29, 0.717) is 12.8 Å². The van der Waals surface area contributed by atoms with Crippen LogP contribution in [0.3, 0.4) is 0 Å². The number of aliphatic carboxylic acids is 1. The highest BCUT2D eigenvalue weighted by Gasteiger charge is 2.39. The van der Waals surface area contributed by atoms with E-state index < -0.39 is 60.2 Å². The van der Waals surface area contributed by atoms with Crippen molar-refractivity contribution >= 4 is 53.1 Å². The molecule has 4 amide bonds. The lowest BCUT2D eigenvalue weighted by atomic mass is 10.0. The largest absolute Gasteiger partial charge is 0.480 e. The molecular formula is C23H30N6O6S. The van der Waals surface area contributed by atoms with E-state index in [4.69, 9.17) is 11.5 Å². The molecule has 194 valence electrons. The maximum absolute atomic E-state index is 13.2. The molecule has 4 atom stereocenters. The molecule has 4 unspecified atom stereocenters. The molecule has 0 saturated carbocycles. The van der Waals surface area contributed by atoms with Gasteiger partial charge in [0, 0.05) is 35.8 Å². The fraction of sp³-hybridized carbons (Fsp3) is 0.435. The van der Waals surface area contributed by atoms with Gasteiger partial charge in [-0.3, -0.25) is 19.2 Å². The standard InChI is InChI=1S/C23H30N6O6S/c24-14(11-36)20(31)27-16(9-19(25)30)22(33)29-7-3-6-18(29)21(32)28-17(23(34)35)8-12-10-26-15-5-2-1-4-13(12)15/h1-2,4-5,10,14,16-18,26,36H,3,6-9,11,24H2,(H2,25,30)(H,27,31)(H,28,32)(H,34,35). The molecule has 0 radical (unpaired) electrons. The number of carbonyl (C=O) groups is 5. The van der Waals surface area contributed by atoms with Gasteiger partial charge in [0.25, 0.3) is 0 Å². The second kappa shape index (κ2) is 11.9. The van der Waals surface area contributed by atoms with Crippen molar-refractivity contribution < 1.29 is 29.1 Å². The normalized spacial score (nSPS) is 17.8. The van der Waals surface area contributed by atoms with E-state index in [1.807, 2.05) is 24.3 Å². The highest BCUT2D eigenvalue weighted by atomic mass is 32.1. The number of rotatable bonds is 11. The number of fused-ring (bicyclic) bond motifs is 1. The summed E-state index contributed by atoms with van der Waals surface area (Å²) in [6.07, 6.45) is 2.04. The summed E-state index contributed by atoms with van der Waals surface area (Å²) in [5.41, 5.74) is 12.5. The predicted octanol–water partition coefficient (Wildman–Crippen LogP) is -1.11.